The molecule has 1 aliphatic carbocycles. The third kappa shape index (κ3) is 3.07. The Morgan fingerprint density at radius 2 is 1.11 bits per heavy atom. The van der Waals surface area contributed by atoms with Gasteiger partial charge in [0.2, 0.25) is 0 Å². The zero-order chi connectivity index (χ0) is 19.1. The predicted molar refractivity (Wildman–Crippen MR) is 124 cm³/mol. The number of hydrogen-bond donors (Lipinski definition) is 0. The minimum atomic E-state index is -1.74. The van der Waals surface area contributed by atoms with Crippen LogP contribution in [0.5, 0.6) is 0 Å². The first-order chi connectivity index (χ1) is 12.9. The molecule has 136 valence electrons. The van der Waals surface area contributed by atoms with Crippen LogP contribution in [0.4, 0.5) is 0 Å². The maximum atomic E-state index is 2.66. The minimum Gasteiger partial charge on any atom is -0.0791 e. The summed E-state index contributed by atoms with van der Waals surface area (Å²) in [6.45, 7) is 10.1. The van der Waals surface area contributed by atoms with E-state index in [0.717, 1.165) is 0 Å². The van der Waals surface area contributed by atoms with Crippen LogP contribution in [0.25, 0.3) is 5.20 Å². The van der Waals surface area contributed by atoms with Gasteiger partial charge < -0.3 is 0 Å². The first-order valence-electron chi connectivity index (χ1n) is 9.85. The van der Waals surface area contributed by atoms with Gasteiger partial charge >= 0.3 is 0 Å². The van der Waals surface area contributed by atoms with E-state index >= 15 is 0 Å². The lowest BCUT2D eigenvalue weighted by Crippen LogP contribution is -2.46. The second-order valence-electron chi connectivity index (χ2n) is 8.72. The predicted octanol–water partition coefficient (Wildman–Crippen LogP) is 5.48. The second kappa shape index (κ2) is 6.77. The quantitative estimate of drug-likeness (QED) is 0.523. The summed E-state index contributed by atoms with van der Waals surface area (Å²) in [4.78, 5) is 0. The molecule has 1 atom stereocenters. The van der Waals surface area contributed by atoms with Crippen LogP contribution in [0.2, 0.25) is 26.2 Å². The minimum absolute atomic E-state index is 0.543. The van der Waals surface area contributed by atoms with Gasteiger partial charge in [0.1, 0.15) is 8.07 Å². The highest BCUT2D eigenvalue weighted by Gasteiger charge is 2.42. The Morgan fingerprint density at radius 3 is 1.74 bits per heavy atom. The SMILES string of the molecule is C[Si](C)(C1=CC([Si](C)(C)c2ccccc2)c2ccccc21)c1ccccc1. The number of hydrogen-bond acceptors (Lipinski definition) is 0. The first kappa shape index (κ1) is 18.2. The molecule has 0 nitrogen and oxygen atoms in total. The van der Waals surface area contributed by atoms with Gasteiger partial charge in [-0.1, -0.05) is 133 Å². The van der Waals surface area contributed by atoms with E-state index in [0.29, 0.717) is 5.54 Å². The summed E-state index contributed by atoms with van der Waals surface area (Å²) in [6.07, 6.45) is 2.66. The molecule has 0 N–H and O–H groups in total. The Bertz CT molecular complexity index is 969. The molecule has 1 unspecified atom stereocenters. The van der Waals surface area contributed by atoms with E-state index in [-0.39, 0.29) is 0 Å². The number of fused-ring (bicyclic) bond motifs is 1. The van der Waals surface area contributed by atoms with Gasteiger partial charge in [0.15, 0.2) is 0 Å². The van der Waals surface area contributed by atoms with Crippen molar-refractivity contribution in [3.8, 4) is 0 Å². The normalized spacial score (nSPS) is 16.7. The molecule has 0 fully saturated rings. The number of allylic oxidation sites excluding steroid dienone is 1. The summed E-state index contributed by atoms with van der Waals surface area (Å²) in [5.41, 5.74) is 3.59. The lowest BCUT2D eigenvalue weighted by Gasteiger charge is -2.30. The number of benzene rings is 3. The van der Waals surface area contributed by atoms with Crippen LogP contribution in [0.3, 0.4) is 0 Å². The zero-order valence-electron chi connectivity index (χ0n) is 16.7. The van der Waals surface area contributed by atoms with Crippen molar-refractivity contribution >= 4 is 31.7 Å². The van der Waals surface area contributed by atoms with Gasteiger partial charge in [-0.15, -0.1) is 0 Å². The van der Waals surface area contributed by atoms with Crippen molar-refractivity contribution in [2.45, 2.75) is 31.7 Å². The van der Waals surface area contributed by atoms with Crippen molar-refractivity contribution in [3.05, 3.63) is 102 Å². The zero-order valence-corrected chi connectivity index (χ0v) is 18.7. The molecule has 3 aromatic carbocycles. The molecule has 0 amide bonds. The summed E-state index contributed by atoms with van der Waals surface area (Å²) in [5, 5.41) is 4.68. The Kier molecular flexibility index (Phi) is 4.57. The monoisotopic (exact) mass is 384 g/mol. The van der Waals surface area contributed by atoms with E-state index < -0.39 is 16.1 Å². The average molecular weight is 385 g/mol. The lowest BCUT2D eigenvalue weighted by molar-refractivity contribution is 1.17. The standard InChI is InChI=1S/C25H28Si2/c1-26(2,20-13-7-5-8-14-20)24-19-25(23-18-12-11-17-22(23)24)27(3,4)21-15-9-6-10-16-21/h5-19,24H,1-4H3. The largest absolute Gasteiger partial charge is 0.112 e. The molecule has 0 saturated heterocycles. The smallest absolute Gasteiger partial charge is 0.0791 e. The molecule has 1 aliphatic rings. The fraction of sp³-hybridized carbons (Fsp3) is 0.200. The van der Waals surface area contributed by atoms with E-state index in [1.54, 1.807) is 15.9 Å². The van der Waals surface area contributed by atoms with Crippen molar-refractivity contribution in [1.29, 1.82) is 0 Å². The van der Waals surface area contributed by atoms with Gasteiger partial charge in [0.25, 0.3) is 0 Å². The molecule has 0 heterocycles. The van der Waals surface area contributed by atoms with Crippen molar-refractivity contribution in [1.82, 2.24) is 0 Å². The second-order valence-corrected chi connectivity index (χ2v) is 17.7. The van der Waals surface area contributed by atoms with Crippen LogP contribution < -0.4 is 10.4 Å². The van der Waals surface area contributed by atoms with Gasteiger partial charge in [0, 0.05) is 5.54 Å². The van der Waals surface area contributed by atoms with Crippen molar-refractivity contribution in [2.24, 2.45) is 0 Å². The van der Waals surface area contributed by atoms with E-state index in [1.165, 1.54) is 10.8 Å². The van der Waals surface area contributed by atoms with Crippen LogP contribution in [0, 0.1) is 0 Å². The highest BCUT2D eigenvalue weighted by molar-refractivity contribution is 7.05. The molecule has 0 aliphatic heterocycles. The molecule has 27 heavy (non-hydrogen) atoms. The average Bonchev–Trinajstić information content (AvgIpc) is 3.11. The fourth-order valence-corrected chi connectivity index (χ4v) is 10.6. The summed E-state index contributed by atoms with van der Waals surface area (Å²) < 4.78 is 0. The summed E-state index contributed by atoms with van der Waals surface area (Å²) in [7, 11) is -3.41. The van der Waals surface area contributed by atoms with Gasteiger partial charge in [-0.2, -0.15) is 0 Å². The third-order valence-electron chi connectivity index (χ3n) is 6.38. The van der Waals surface area contributed by atoms with Gasteiger partial charge in [-0.05, 0) is 11.1 Å². The van der Waals surface area contributed by atoms with E-state index in [2.05, 4.69) is 117 Å². The van der Waals surface area contributed by atoms with Crippen LogP contribution in [-0.4, -0.2) is 16.1 Å². The maximum absolute atomic E-state index is 2.66. The topological polar surface area (TPSA) is 0 Å². The molecule has 0 aromatic heterocycles. The Hall–Kier alpha value is -2.17. The van der Waals surface area contributed by atoms with Crippen LogP contribution in [0.15, 0.2) is 91.0 Å². The Labute approximate surface area is 165 Å². The molecular formula is C25H28Si2. The molecule has 0 saturated carbocycles. The van der Waals surface area contributed by atoms with Gasteiger partial charge in [-0.3, -0.25) is 0 Å². The fourth-order valence-electron chi connectivity index (χ4n) is 4.56. The summed E-state index contributed by atoms with van der Waals surface area (Å²) in [6, 6.07) is 31.5. The molecule has 2 heteroatoms. The van der Waals surface area contributed by atoms with Crippen molar-refractivity contribution in [3.63, 3.8) is 0 Å². The van der Waals surface area contributed by atoms with Crippen LogP contribution in [0.1, 0.15) is 16.7 Å². The third-order valence-corrected chi connectivity index (χ3v) is 13.8. The summed E-state index contributed by atoms with van der Waals surface area (Å²) >= 11 is 0. The van der Waals surface area contributed by atoms with Gasteiger partial charge in [0.05, 0.1) is 8.07 Å². The molecule has 0 spiro atoms. The van der Waals surface area contributed by atoms with Crippen molar-refractivity contribution in [2.75, 3.05) is 0 Å². The maximum Gasteiger partial charge on any atom is 0.112 e. The van der Waals surface area contributed by atoms with Crippen LogP contribution >= 0.6 is 0 Å². The van der Waals surface area contributed by atoms with E-state index in [9.17, 15) is 0 Å². The van der Waals surface area contributed by atoms with E-state index in [1.807, 2.05) is 0 Å². The summed E-state index contributed by atoms with van der Waals surface area (Å²) in [5.74, 6) is 0. The highest BCUT2D eigenvalue weighted by atomic mass is 28.3. The molecule has 3 aromatic rings. The Morgan fingerprint density at radius 1 is 0.593 bits per heavy atom. The highest BCUT2D eigenvalue weighted by Crippen LogP contribution is 2.44. The molecule has 0 bridgehead atoms. The molecule has 0 radical (unpaired) electrons. The molecule has 4 rings (SSSR count). The number of rotatable bonds is 4. The van der Waals surface area contributed by atoms with E-state index in [4.69, 9.17) is 0 Å². The first-order valence-corrected chi connectivity index (χ1v) is 15.9. The van der Waals surface area contributed by atoms with Gasteiger partial charge in [-0.25, -0.2) is 0 Å². The molecular weight excluding hydrogens is 356 g/mol. The van der Waals surface area contributed by atoms with Crippen LogP contribution in [-0.2, 0) is 0 Å². The Balaban J connectivity index is 1.86. The van der Waals surface area contributed by atoms with Crippen molar-refractivity contribution < 1.29 is 0 Å². The lowest BCUT2D eigenvalue weighted by atomic mass is 10.1.